The summed E-state index contributed by atoms with van der Waals surface area (Å²) in [6.45, 7) is 2.84. The van der Waals surface area contributed by atoms with E-state index in [9.17, 15) is 0 Å². The van der Waals surface area contributed by atoms with E-state index in [1.807, 2.05) is 31.1 Å². The van der Waals surface area contributed by atoms with E-state index in [4.69, 9.17) is 10.5 Å². The van der Waals surface area contributed by atoms with Gasteiger partial charge >= 0.3 is 0 Å². The number of aromatic nitrogens is 3. The Balaban J connectivity index is 1.80. The van der Waals surface area contributed by atoms with Crippen LogP contribution in [-0.4, -0.2) is 48.1 Å². The minimum atomic E-state index is 0.000523. The molecule has 0 radical (unpaired) electrons. The summed E-state index contributed by atoms with van der Waals surface area (Å²) in [7, 11) is 7.51. The zero-order valence-electron chi connectivity index (χ0n) is 16.5. The lowest BCUT2D eigenvalue weighted by atomic mass is 10.1. The van der Waals surface area contributed by atoms with Crippen LogP contribution in [0.2, 0.25) is 0 Å². The fraction of sp³-hybridized carbons (Fsp3) is 0.350. The lowest BCUT2D eigenvalue weighted by Crippen LogP contribution is -2.25. The van der Waals surface area contributed by atoms with Crippen LogP contribution in [0, 0.1) is 0 Å². The van der Waals surface area contributed by atoms with Crippen LogP contribution in [0.3, 0.4) is 0 Å². The van der Waals surface area contributed by atoms with Crippen LogP contribution < -0.4 is 15.4 Å². The van der Waals surface area contributed by atoms with E-state index in [0.717, 1.165) is 17.7 Å². The molecule has 0 saturated heterocycles. The van der Waals surface area contributed by atoms with Crippen LogP contribution in [0.25, 0.3) is 10.8 Å². The zero-order chi connectivity index (χ0) is 19.6. The summed E-state index contributed by atoms with van der Waals surface area (Å²) in [4.78, 5) is 17.0. The molecule has 2 N–H and O–H groups in total. The highest BCUT2D eigenvalue weighted by Gasteiger charge is 2.18. The molecule has 2 aromatic carbocycles. The number of nitrogens with two attached hydrogens (primary N) is 1. The average molecular weight is 366 g/mol. The molecule has 0 saturated carbocycles. The van der Waals surface area contributed by atoms with Crippen molar-refractivity contribution >= 4 is 22.7 Å². The Morgan fingerprint density at radius 2 is 1.70 bits per heavy atom. The molecule has 27 heavy (non-hydrogen) atoms. The maximum absolute atomic E-state index is 5.86. The summed E-state index contributed by atoms with van der Waals surface area (Å²) >= 11 is 0. The molecular weight excluding hydrogens is 340 g/mol. The molecule has 7 heteroatoms. The number of benzene rings is 2. The second-order valence-corrected chi connectivity index (χ2v) is 6.88. The molecule has 0 aliphatic carbocycles. The molecule has 7 nitrogen and oxygen atoms in total. The van der Waals surface area contributed by atoms with Gasteiger partial charge in [0, 0.05) is 20.6 Å². The lowest BCUT2D eigenvalue weighted by Gasteiger charge is -2.24. The van der Waals surface area contributed by atoms with Gasteiger partial charge in [-0.25, -0.2) is 0 Å². The van der Waals surface area contributed by atoms with Gasteiger partial charge in [-0.05, 0) is 48.5 Å². The molecule has 0 fully saturated rings. The Morgan fingerprint density at radius 3 is 2.41 bits per heavy atom. The van der Waals surface area contributed by atoms with E-state index < -0.39 is 0 Å². The smallest absolute Gasteiger partial charge is 0.229 e. The van der Waals surface area contributed by atoms with Crippen molar-refractivity contribution in [3.8, 4) is 5.75 Å². The number of nitrogen functional groups attached to an aromatic ring is 1. The summed E-state index contributed by atoms with van der Waals surface area (Å²) in [6, 6.07) is 12.6. The first-order chi connectivity index (χ1) is 12.9. The minimum absolute atomic E-state index is 0.000523. The van der Waals surface area contributed by atoms with Crippen LogP contribution in [0.1, 0.15) is 24.4 Å². The van der Waals surface area contributed by atoms with Crippen molar-refractivity contribution in [2.24, 2.45) is 0 Å². The van der Waals surface area contributed by atoms with Crippen molar-refractivity contribution < 1.29 is 4.74 Å². The molecule has 3 rings (SSSR count). The van der Waals surface area contributed by atoms with Gasteiger partial charge in [0.15, 0.2) is 5.82 Å². The Kier molecular flexibility index (Phi) is 5.41. The van der Waals surface area contributed by atoms with Gasteiger partial charge in [-0.1, -0.05) is 18.2 Å². The number of methoxy groups -OCH3 is 1. The quantitative estimate of drug-likeness (QED) is 0.718. The Bertz CT molecular complexity index is 943. The standard InChI is InChI=1S/C20H26N6O/c1-13(18-22-19(21)24-20(23-18)25(2)3)26(4)12-14-6-7-16-11-17(27-5)9-8-15(16)10-14/h6-11,13H,12H2,1-5H3,(H2,21,22,23,24). The van der Waals surface area contributed by atoms with Crippen molar-refractivity contribution in [1.82, 2.24) is 19.9 Å². The molecule has 0 amide bonds. The predicted molar refractivity (Wildman–Crippen MR) is 109 cm³/mol. The van der Waals surface area contributed by atoms with Crippen LogP contribution in [0.5, 0.6) is 5.75 Å². The Labute approximate surface area is 159 Å². The van der Waals surface area contributed by atoms with Gasteiger partial charge in [0.2, 0.25) is 11.9 Å². The first-order valence-electron chi connectivity index (χ1n) is 8.83. The van der Waals surface area contributed by atoms with Gasteiger partial charge in [0.25, 0.3) is 0 Å². The number of hydrogen-bond acceptors (Lipinski definition) is 7. The third-order valence-corrected chi connectivity index (χ3v) is 4.64. The van der Waals surface area contributed by atoms with Crippen molar-refractivity contribution in [2.45, 2.75) is 19.5 Å². The summed E-state index contributed by atoms with van der Waals surface area (Å²) in [5.74, 6) is 2.34. The van der Waals surface area contributed by atoms with E-state index in [2.05, 4.69) is 58.1 Å². The molecule has 0 bridgehead atoms. The third-order valence-electron chi connectivity index (χ3n) is 4.64. The normalized spacial score (nSPS) is 12.4. The van der Waals surface area contributed by atoms with Crippen LogP contribution in [0.15, 0.2) is 36.4 Å². The highest BCUT2D eigenvalue weighted by Crippen LogP contribution is 2.24. The molecule has 142 valence electrons. The first-order valence-corrected chi connectivity index (χ1v) is 8.83. The number of rotatable bonds is 6. The second kappa shape index (κ2) is 7.75. The van der Waals surface area contributed by atoms with Gasteiger partial charge in [-0.3, -0.25) is 4.90 Å². The first kappa shape index (κ1) is 18.8. The molecule has 1 atom stereocenters. The predicted octanol–water partition coefficient (Wildman–Crippen LogP) is 2.87. The Morgan fingerprint density at radius 1 is 1.00 bits per heavy atom. The van der Waals surface area contributed by atoms with Crippen molar-refractivity contribution in [1.29, 1.82) is 0 Å². The summed E-state index contributed by atoms with van der Waals surface area (Å²) in [6.07, 6.45) is 0. The van der Waals surface area contributed by atoms with Crippen molar-refractivity contribution in [3.05, 3.63) is 47.8 Å². The number of fused-ring (bicyclic) bond motifs is 1. The topological polar surface area (TPSA) is 80.4 Å². The van der Waals surface area contributed by atoms with Crippen molar-refractivity contribution in [2.75, 3.05) is 38.9 Å². The van der Waals surface area contributed by atoms with E-state index in [1.54, 1.807) is 7.11 Å². The number of hydrogen-bond donors (Lipinski definition) is 1. The monoisotopic (exact) mass is 366 g/mol. The Hall–Kier alpha value is -2.93. The highest BCUT2D eigenvalue weighted by atomic mass is 16.5. The summed E-state index contributed by atoms with van der Waals surface area (Å²) < 4.78 is 5.29. The van der Waals surface area contributed by atoms with Gasteiger partial charge in [-0.2, -0.15) is 15.0 Å². The second-order valence-electron chi connectivity index (χ2n) is 6.88. The third kappa shape index (κ3) is 4.25. The number of anilines is 2. The fourth-order valence-electron chi connectivity index (χ4n) is 2.90. The van der Waals surface area contributed by atoms with E-state index >= 15 is 0 Å². The van der Waals surface area contributed by atoms with E-state index in [0.29, 0.717) is 11.8 Å². The molecule has 3 aromatic rings. The van der Waals surface area contributed by atoms with Gasteiger partial charge in [0.1, 0.15) is 5.75 Å². The molecule has 1 heterocycles. The number of ether oxygens (including phenoxy) is 1. The maximum Gasteiger partial charge on any atom is 0.229 e. The van der Waals surface area contributed by atoms with E-state index in [-0.39, 0.29) is 12.0 Å². The van der Waals surface area contributed by atoms with Gasteiger partial charge < -0.3 is 15.4 Å². The highest BCUT2D eigenvalue weighted by molar-refractivity contribution is 5.84. The molecule has 0 spiro atoms. The maximum atomic E-state index is 5.86. The molecule has 1 aromatic heterocycles. The fourth-order valence-corrected chi connectivity index (χ4v) is 2.90. The summed E-state index contributed by atoms with van der Waals surface area (Å²) in [5.41, 5.74) is 7.08. The lowest BCUT2D eigenvalue weighted by molar-refractivity contribution is 0.244. The molecule has 0 aliphatic rings. The van der Waals surface area contributed by atoms with Crippen molar-refractivity contribution in [3.63, 3.8) is 0 Å². The van der Waals surface area contributed by atoms with Crippen LogP contribution >= 0.6 is 0 Å². The van der Waals surface area contributed by atoms with E-state index in [1.165, 1.54) is 10.9 Å². The average Bonchev–Trinajstić information content (AvgIpc) is 2.66. The van der Waals surface area contributed by atoms with Gasteiger partial charge in [0.05, 0.1) is 13.2 Å². The zero-order valence-corrected chi connectivity index (χ0v) is 16.5. The largest absolute Gasteiger partial charge is 0.497 e. The SMILES string of the molecule is COc1ccc2cc(CN(C)C(C)c3nc(N)nc(N(C)C)n3)ccc2c1. The van der Waals surface area contributed by atoms with Crippen LogP contribution in [0.4, 0.5) is 11.9 Å². The molecule has 1 unspecified atom stereocenters. The number of nitrogens with zero attached hydrogens (tertiary/aromatic N) is 5. The molecule has 0 aliphatic heterocycles. The molecular formula is C20H26N6O. The van der Waals surface area contributed by atoms with Gasteiger partial charge in [-0.15, -0.1) is 0 Å². The summed E-state index contributed by atoms with van der Waals surface area (Å²) in [5, 5.41) is 2.35. The van der Waals surface area contributed by atoms with Crippen LogP contribution in [-0.2, 0) is 6.54 Å². The minimum Gasteiger partial charge on any atom is -0.497 e.